The SMILES string of the molecule is CCCC1CN(CC2CCCCO2)CCN1. The molecule has 2 fully saturated rings. The van der Waals surface area contributed by atoms with Gasteiger partial charge in [0, 0.05) is 38.8 Å². The average Bonchev–Trinajstić information content (AvgIpc) is 2.31. The van der Waals surface area contributed by atoms with E-state index in [0.717, 1.165) is 19.7 Å². The zero-order valence-electron chi connectivity index (χ0n) is 10.6. The molecule has 2 unspecified atom stereocenters. The van der Waals surface area contributed by atoms with Gasteiger partial charge in [0.05, 0.1) is 6.10 Å². The third-order valence-electron chi connectivity index (χ3n) is 3.71. The minimum atomic E-state index is 0.508. The second-order valence-electron chi connectivity index (χ2n) is 5.19. The fourth-order valence-electron chi connectivity index (χ4n) is 2.84. The maximum atomic E-state index is 5.81. The summed E-state index contributed by atoms with van der Waals surface area (Å²) in [5.41, 5.74) is 0. The monoisotopic (exact) mass is 226 g/mol. The smallest absolute Gasteiger partial charge is 0.0702 e. The standard InChI is InChI=1S/C13H26N2O/c1-2-5-12-10-15(8-7-14-12)11-13-6-3-4-9-16-13/h12-14H,2-11H2,1H3. The molecule has 0 spiro atoms. The van der Waals surface area contributed by atoms with Crippen LogP contribution in [0.4, 0.5) is 0 Å². The molecule has 0 aromatic carbocycles. The molecule has 3 nitrogen and oxygen atoms in total. The second kappa shape index (κ2) is 6.58. The summed E-state index contributed by atoms with van der Waals surface area (Å²) in [5.74, 6) is 0. The highest BCUT2D eigenvalue weighted by Crippen LogP contribution is 2.15. The van der Waals surface area contributed by atoms with Crippen molar-refractivity contribution in [1.29, 1.82) is 0 Å². The van der Waals surface area contributed by atoms with Gasteiger partial charge < -0.3 is 10.1 Å². The molecule has 0 radical (unpaired) electrons. The molecule has 2 atom stereocenters. The van der Waals surface area contributed by atoms with Crippen molar-refractivity contribution in [3.05, 3.63) is 0 Å². The predicted molar refractivity (Wildman–Crippen MR) is 66.7 cm³/mol. The van der Waals surface area contributed by atoms with Crippen LogP contribution < -0.4 is 5.32 Å². The Hall–Kier alpha value is -0.120. The molecule has 0 bridgehead atoms. The van der Waals surface area contributed by atoms with Crippen LogP contribution in [0, 0.1) is 0 Å². The average molecular weight is 226 g/mol. The van der Waals surface area contributed by atoms with Crippen molar-refractivity contribution in [3.8, 4) is 0 Å². The van der Waals surface area contributed by atoms with Crippen LogP contribution in [0.3, 0.4) is 0 Å². The molecule has 2 rings (SSSR count). The Bertz CT molecular complexity index is 190. The Morgan fingerprint density at radius 2 is 2.31 bits per heavy atom. The molecule has 0 aliphatic carbocycles. The molecule has 0 saturated carbocycles. The first kappa shape index (κ1) is 12.3. The van der Waals surface area contributed by atoms with Crippen LogP contribution in [0.25, 0.3) is 0 Å². The number of hydrogen-bond acceptors (Lipinski definition) is 3. The molecule has 2 aliphatic rings. The maximum Gasteiger partial charge on any atom is 0.0702 e. The number of hydrogen-bond donors (Lipinski definition) is 1. The lowest BCUT2D eigenvalue weighted by Gasteiger charge is -2.36. The van der Waals surface area contributed by atoms with Crippen molar-refractivity contribution in [2.45, 2.75) is 51.2 Å². The van der Waals surface area contributed by atoms with Gasteiger partial charge in [0.15, 0.2) is 0 Å². The van der Waals surface area contributed by atoms with E-state index in [1.807, 2.05) is 0 Å². The molecule has 0 aromatic rings. The van der Waals surface area contributed by atoms with Crippen LogP contribution in [-0.4, -0.2) is 49.8 Å². The number of piperazine rings is 1. The maximum absolute atomic E-state index is 5.81. The summed E-state index contributed by atoms with van der Waals surface area (Å²) in [4.78, 5) is 2.59. The Morgan fingerprint density at radius 1 is 1.38 bits per heavy atom. The van der Waals surface area contributed by atoms with Gasteiger partial charge in [-0.1, -0.05) is 13.3 Å². The molecule has 0 amide bonds. The van der Waals surface area contributed by atoms with E-state index in [2.05, 4.69) is 17.1 Å². The normalized spacial score (nSPS) is 32.8. The first-order valence-electron chi connectivity index (χ1n) is 6.96. The third-order valence-corrected chi connectivity index (χ3v) is 3.71. The lowest BCUT2D eigenvalue weighted by molar-refractivity contribution is -0.0104. The highest BCUT2D eigenvalue weighted by molar-refractivity contribution is 4.80. The molecule has 16 heavy (non-hydrogen) atoms. The quantitative estimate of drug-likeness (QED) is 0.788. The number of nitrogens with one attached hydrogen (secondary N) is 1. The first-order valence-corrected chi connectivity index (χ1v) is 6.96. The van der Waals surface area contributed by atoms with Gasteiger partial charge in [-0.05, 0) is 25.7 Å². The van der Waals surface area contributed by atoms with Gasteiger partial charge in [-0.2, -0.15) is 0 Å². The van der Waals surface area contributed by atoms with E-state index in [-0.39, 0.29) is 0 Å². The zero-order valence-corrected chi connectivity index (χ0v) is 10.6. The van der Waals surface area contributed by atoms with E-state index < -0.39 is 0 Å². The summed E-state index contributed by atoms with van der Waals surface area (Å²) in [7, 11) is 0. The second-order valence-corrected chi connectivity index (χ2v) is 5.19. The van der Waals surface area contributed by atoms with Crippen molar-refractivity contribution in [1.82, 2.24) is 10.2 Å². The summed E-state index contributed by atoms with van der Waals surface area (Å²) < 4.78 is 5.81. The Morgan fingerprint density at radius 3 is 3.06 bits per heavy atom. The topological polar surface area (TPSA) is 24.5 Å². The van der Waals surface area contributed by atoms with Crippen LogP contribution >= 0.6 is 0 Å². The van der Waals surface area contributed by atoms with Crippen molar-refractivity contribution in [2.24, 2.45) is 0 Å². The van der Waals surface area contributed by atoms with Gasteiger partial charge in [0.2, 0.25) is 0 Å². The van der Waals surface area contributed by atoms with Gasteiger partial charge in [0.1, 0.15) is 0 Å². The Labute approximate surface area is 99.5 Å². The minimum absolute atomic E-state index is 0.508. The fourth-order valence-corrected chi connectivity index (χ4v) is 2.84. The summed E-state index contributed by atoms with van der Waals surface area (Å²) in [6.45, 7) is 7.97. The molecule has 2 saturated heterocycles. The minimum Gasteiger partial charge on any atom is -0.377 e. The van der Waals surface area contributed by atoms with Crippen molar-refractivity contribution < 1.29 is 4.74 Å². The Kier molecular flexibility index (Phi) is 5.07. The highest BCUT2D eigenvalue weighted by Gasteiger charge is 2.22. The zero-order chi connectivity index (χ0) is 11.2. The highest BCUT2D eigenvalue weighted by atomic mass is 16.5. The van der Waals surface area contributed by atoms with E-state index in [4.69, 9.17) is 4.74 Å². The number of rotatable bonds is 4. The van der Waals surface area contributed by atoms with Crippen molar-refractivity contribution in [2.75, 3.05) is 32.8 Å². The molecular formula is C13H26N2O. The van der Waals surface area contributed by atoms with Crippen LogP contribution in [0.5, 0.6) is 0 Å². The largest absolute Gasteiger partial charge is 0.377 e. The third kappa shape index (κ3) is 3.72. The van der Waals surface area contributed by atoms with Gasteiger partial charge in [-0.25, -0.2) is 0 Å². The van der Waals surface area contributed by atoms with Crippen LogP contribution in [0.2, 0.25) is 0 Å². The van der Waals surface area contributed by atoms with Crippen molar-refractivity contribution >= 4 is 0 Å². The number of ether oxygens (including phenoxy) is 1. The van der Waals surface area contributed by atoms with E-state index in [9.17, 15) is 0 Å². The fraction of sp³-hybridized carbons (Fsp3) is 1.00. The molecule has 0 aromatic heterocycles. The molecule has 2 aliphatic heterocycles. The van der Waals surface area contributed by atoms with Crippen LogP contribution in [0.1, 0.15) is 39.0 Å². The molecule has 3 heteroatoms. The van der Waals surface area contributed by atoms with E-state index in [1.54, 1.807) is 0 Å². The number of nitrogens with zero attached hydrogens (tertiary/aromatic N) is 1. The Balaban J connectivity index is 1.71. The van der Waals surface area contributed by atoms with E-state index in [1.165, 1.54) is 45.2 Å². The summed E-state index contributed by atoms with van der Waals surface area (Å²) in [5, 5.41) is 3.60. The first-order chi connectivity index (χ1) is 7.88. The van der Waals surface area contributed by atoms with E-state index in [0.29, 0.717) is 12.1 Å². The van der Waals surface area contributed by atoms with E-state index >= 15 is 0 Å². The predicted octanol–water partition coefficient (Wildman–Crippen LogP) is 1.63. The lowest BCUT2D eigenvalue weighted by atomic mass is 10.1. The van der Waals surface area contributed by atoms with Gasteiger partial charge in [0.25, 0.3) is 0 Å². The van der Waals surface area contributed by atoms with Gasteiger partial charge in [-0.3, -0.25) is 4.90 Å². The molecule has 1 N–H and O–H groups in total. The lowest BCUT2D eigenvalue weighted by Crippen LogP contribution is -2.52. The van der Waals surface area contributed by atoms with Gasteiger partial charge >= 0.3 is 0 Å². The van der Waals surface area contributed by atoms with Gasteiger partial charge in [-0.15, -0.1) is 0 Å². The summed E-state index contributed by atoms with van der Waals surface area (Å²) >= 11 is 0. The summed E-state index contributed by atoms with van der Waals surface area (Å²) in [6.07, 6.45) is 6.98. The van der Waals surface area contributed by atoms with Crippen LogP contribution in [0.15, 0.2) is 0 Å². The van der Waals surface area contributed by atoms with Crippen LogP contribution in [-0.2, 0) is 4.74 Å². The molecule has 2 heterocycles. The molecular weight excluding hydrogens is 200 g/mol. The van der Waals surface area contributed by atoms with Crippen molar-refractivity contribution in [3.63, 3.8) is 0 Å². The summed E-state index contributed by atoms with van der Waals surface area (Å²) in [6, 6.07) is 0.711. The molecule has 94 valence electrons.